The molecule has 1 aliphatic heterocycles. The summed E-state index contributed by atoms with van der Waals surface area (Å²) in [7, 11) is 0. The van der Waals surface area contributed by atoms with Gasteiger partial charge in [0.2, 0.25) is 0 Å². The van der Waals surface area contributed by atoms with E-state index in [1.807, 2.05) is 31.2 Å². The van der Waals surface area contributed by atoms with E-state index in [2.05, 4.69) is 17.1 Å². The Morgan fingerprint density at radius 2 is 2.13 bits per heavy atom. The van der Waals surface area contributed by atoms with Gasteiger partial charge < -0.3 is 15.0 Å². The molecule has 1 aromatic rings. The van der Waals surface area contributed by atoms with Crippen LogP contribution in [-0.4, -0.2) is 43.1 Å². The summed E-state index contributed by atoms with van der Waals surface area (Å²) in [5, 5.41) is 2.98. The largest absolute Gasteiger partial charge is 0.481 e. The average molecular weight is 318 g/mol. The second kappa shape index (κ2) is 8.92. The number of carbonyl (C=O) groups excluding carboxylic acids is 1. The number of nitrogens with one attached hydrogen (secondary N) is 1. The molecule has 0 aromatic heterocycles. The summed E-state index contributed by atoms with van der Waals surface area (Å²) in [5.74, 6) is 1.57. The zero-order valence-electron chi connectivity index (χ0n) is 14.7. The van der Waals surface area contributed by atoms with Crippen LogP contribution in [0.3, 0.4) is 0 Å². The monoisotopic (exact) mass is 318 g/mol. The fourth-order valence-electron chi connectivity index (χ4n) is 2.89. The van der Waals surface area contributed by atoms with E-state index >= 15 is 0 Å². The lowest BCUT2D eigenvalue weighted by Crippen LogP contribution is -2.39. The van der Waals surface area contributed by atoms with Crippen molar-refractivity contribution < 1.29 is 9.53 Å². The summed E-state index contributed by atoms with van der Waals surface area (Å²) in [6.45, 7) is 10.3. The lowest BCUT2D eigenvalue weighted by Gasteiger charge is -2.30. The fraction of sp³-hybridized carbons (Fsp3) is 0.632. The standard InChI is InChI=1S/C19H30N2O2/c1-15-8-12-21(13-9-15)11-5-10-20-19(22)17(3)23-18-7-4-6-16(2)14-18/h4,6-7,14-15,17H,5,8-13H2,1-3H3,(H,20,22)/t17-/m1/s1. The molecular formula is C19H30N2O2. The Labute approximate surface area is 140 Å². The molecular weight excluding hydrogens is 288 g/mol. The van der Waals surface area contributed by atoms with E-state index in [1.54, 1.807) is 6.92 Å². The summed E-state index contributed by atoms with van der Waals surface area (Å²) >= 11 is 0. The van der Waals surface area contributed by atoms with Gasteiger partial charge in [-0.3, -0.25) is 4.79 Å². The van der Waals surface area contributed by atoms with E-state index in [4.69, 9.17) is 4.74 Å². The third kappa shape index (κ3) is 6.22. The summed E-state index contributed by atoms with van der Waals surface area (Å²) < 4.78 is 5.69. The minimum absolute atomic E-state index is 0.0428. The third-order valence-corrected chi connectivity index (χ3v) is 4.50. The summed E-state index contributed by atoms with van der Waals surface area (Å²) in [6.07, 6.45) is 3.13. The minimum atomic E-state index is -0.465. The van der Waals surface area contributed by atoms with Crippen LogP contribution in [0.5, 0.6) is 5.75 Å². The number of aryl methyl sites for hydroxylation is 1. The van der Waals surface area contributed by atoms with Crippen molar-refractivity contribution in [3.63, 3.8) is 0 Å². The van der Waals surface area contributed by atoms with Gasteiger partial charge in [0, 0.05) is 6.54 Å². The lowest BCUT2D eigenvalue weighted by atomic mass is 9.99. The Balaban J connectivity index is 1.62. The maximum absolute atomic E-state index is 12.1. The summed E-state index contributed by atoms with van der Waals surface area (Å²) in [6, 6.07) is 7.78. The highest BCUT2D eigenvalue weighted by Gasteiger charge is 2.16. The van der Waals surface area contributed by atoms with Crippen LogP contribution in [0.2, 0.25) is 0 Å². The predicted molar refractivity (Wildman–Crippen MR) is 93.7 cm³/mol. The van der Waals surface area contributed by atoms with Crippen LogP contribution in [0.1, 0.15) is 38.7 Å². The van der Waals surface area contributed by atoms with Gasteiger partial charge in [-0.2, -0.15) is 0 Å². The molecule has 1 aliphatic rings. The molecule has 1 heterocycles. The van der Waals surface area contributed by atoms with E-state index in [-0.39, 0.29) is 5.91 Å². The zero-order valence-corrected chi connectivity index (χ0v) is 14.7. The molecule has 1 saturated heterocycles. The van der Waals surface area contributed by atoms with Crippen LogP contribution in [0, 0.1) is 12.8 Å². The molecule has 0 unspecified atom stereocenters. The number of likely N-dealkylation sites (tertiary alicyclic amines) is 1. The van der Waals surface area contributed by atoms with E-state index in [0.29, 0.717) is 6.54 Å². The lowest BCUT2D eigenvalue weighted by molar-refractivity contribution is -0.127. The number of hydrogen-bond donors (Lipinski definition) is 1. The van der Waals surface area contributed by atoms with Crippen molar-refractivity contribution in [3.05, 3.63) is 29.8 Å². The van der Waals surface area contributed by atoms with Gasteiger partial charge in [-0.05, 0) is 76.4 Å². The fourth-order valence-corrected chi connectivity index (χ4v) is 2.89. The molecule has 0 spiro atoms. The number of piperidine rings is 1. The van der Waals surface area contributed by atoms with Crippen molar-refractivity contribution in [1.29, 1.82) is 0 Å². The van der Waals surface area contributed by atoms with Crippen LogP contribution >= 0.6 is 0 Å². The molecule has 1 N–H and O–H groups in total. The van der Waals surface area contributed by atoms with Crippen LogP contribution in [0.15, 0.2) is 24.3 Å². The number of hydrogen-bond acceptors (Lipinski definition) is 3. The molecule has 23 heavy (non-hydrogen) atoms. The number of benzene rings is 1. The molecule has 1 atom stereocenters. The molecule has 1 fully saturated rings. The second-order valence-electron chi connectivity index (χ2n) is 6.75. The van der Waals surface area contributed by atoms with Crippen LogP contribution in [-0.2, 0) is 4.79 Å². The molecule has 0 saturated carbocycles. The minimum Gasteiger partial charge on any atom is -0.481 e. The maximum atomic E-state index is 12.1. The highest BCUT2D eigenvalue weighted by molar-refractivity contribution is 5.80. The van der Waals surface area contributed by atoms with E-state index in [9.17, 15) is 4.79 Å². The van der Waals surface area contributed by atoms with Gasteiger partial charge in [0.15, 0.2) is 6.10 Å². The predicted octanol–water partition coefficient (Wildman–Crippen LogP) is 3.00. The van der Waals surface area contributed by atoms with Crippen molar-refractivity contribution in [3.8, 4) is 5.75 Å². The molecule has 1 amide bonds. The first-order chi connectivity index (χ1) is 11.0. The maximum Gasteiger partial charge on any atom is 0.260 e. The number of carbonyl (C=O) groups is 1. The van der Waals surface area contributed by atoms with Crippen LogP contribution in [0.25, 0.3) is 0 Å². The molecule has 4 heteroatoms. The van der Waals surface area contributed by atoms with E-state index in [0.717, 1.165) is 30.2 Å². The second-order valence-corrected chi connectivity index (χ2v) is 6.75. The van der Waals surface area contributed by atoms with Gasteiger partial charge in [0.05, 0.1) is 0 Å². The first kappa shape index (κ1) is 17.8. The Morgan fingerprint density at radius 1 is 1.39 bits per heavy atom. The van der Waals surface area contributed by atoms with Crippen molar-refractivity contribution in [1.82, 2.24) is 10.2 Å². The quantitative estimate of drug-likeness (QED) is 0.786. The molecule has 0 bridgehead atoms. The Kier molecular flexibility index (Phi) is 6.90. The normalized spacial score (nSPS) is 17.7. The third-order valence-electron chi connectivity index (χ3n) is 4.50. The zero-order chi connectivity index (χ0) is 16.7. The smallest absolute Gasteiger partial charge is 0.260 e. The molecule has 0 radical (unpaired) electrons. The van der Waals surface area contributed by atoms with E-state index in [1.165, 1.54) is 25.9 Å². The average Bonchev–Trinajstić information content (AvgIpc) is 2.53. The van der Waals surface area contributed by atoms with Crippen LogP contribution < -0.4 is 10.1 Å². The molecule has 1 aromatic carbocycles. The Bertz CT molecular complexity index is 496. The molecule has 2 rings (SSSR count). The molecule has 4 nitrogen and oxygen atoms in total. The molecule has 128 valence electrons. The van der Waals surface area contributed by atoms with Gasteiger partial charge in [-0.25, -0.2) is 0 Å². The van der Waals surface area contributed by atoms with Gasteiger partial charge in [-0.15, -0.1) is 0 Å². The first-order valence-electron chi connectivity index (χ1n) is 8.78. The van der Waals surface area contributed by atoms with Crippen molar-refractivity contribution in [2.24, 2.45) is 5.92 Å². The van der Waals surface area contributed by atoms with Gasteiger partial charge in [0.1, 0.15) is 5.75 Å². The Morgan fingerprint density at radius 3 is 2.83 bits per heavy atom. The highest BCUT2D eigenvalue weighted by atomic mass is 16.5. The van der Waals surface area contributed by atoms with Gasteiger partial charge in [0.25, 0.3) is 5.91 Å². The number of rotatable bonds is 7. The van der Waals surface area contributed by atoms with Crippen molar-refractivity contribution >= 4 is 5.91 Å². The van der Waals surface area contributed by atoms with Gasteiger partial charge in [-0.1, -0.05) is 19.1 Å². The highest BCUT2D eigenvalue weighted by Crippen LogP contribution is 2.16. The molecule has 0 aliphatic carbocycles. The van der Waals surface area contributed by atoms with Crippen molar-refractivity contribution in [2.75, 3.05) is 26.2 Å². The summed E-state index contributed by atoms with van der Waals surface area (Å²) in [4.78, 5) is 14.6. The van der Waals surface area contributed by atoms with Crippen LogP contribution in [0.4, 0.5) is 0 Å². The van der Waals surface area contributed by atoms with Crippen molar-refractivity contribution in [2.45, 2.75) is 46.1 Å². The van der Waals surface area contributed by atoms with Gasteiger partial charge >= 0.3 is 0 Å². The SMILES string of the molecule is Cc1cccc(O[C@H](C)C(=O)NCCCN2CCC(C)CC2)c1. The number of amides is 1. The topological polar surface area (TPSA) is 41.6 Å². The number of ether oxygens (including phenoxy) is 1. The Hall–Kier alpha value is -1.55. The van der Waals surface area contributed by atoms with E-state index < -0.39 is 6.10 Å². The first-order valence-corrected chi connectivity index (χ1v) is 8.78. The summed E-state index contributed by atoms with van der Waals surface area (Å²) in [5.41, 5.74) is 1.13. The number of nitrogens with zero attached hydrogens (tertiary/aromatic N) is 1.